The van der Waals surface area contributed by atoms with Gasteiger partial charge in [0.2, 0.25) is 5.16 Å². The van der Waals surface area contributed by atoms with Crippen LogP contribution < -0.4 is 4.90 Å². The third-order valence-corrected chi connectivity index (χ3v) is 5.71. The summed E-state index contributed by atoms with van der Waals surface area (Å²) in [5, 5.41) is 26.6. The normalized spacial score (nSPS) is 14.1. The quantitative estimate of drug-likeness (QED) is 0.307. The van der Waals surface area contributed by atoms with E-state index in [1.54, 1.807) is 31.3 Å². The average molecular weight is 463 g/mol. The summed E-state index contributed by atoms with van der Waals surface area (Å²) >= 11 is 0.816. The standard InChI is InChI=1S/C20H13N5O3S.C2H4O2/c1-25-13-9-5-3-7-11(13)14(18(25)26)16(19(27)28)29-20-22-17-15(23-24-20)10-6-2-4-8-12(10)21-17;1-2(3)4/h2-9H,1H3,(H,27,28)(H,21,22,24);1H3,(H,3,4). The van der Waals surface area contributed by atoms with Gasteiger partial charge in [0.1, 0.15) is 10.4 Å². The van der Waals surface area contributed by atoms with Crippen LogP contribution >= 0.6 is 11.8 Å². The van der Waals surface area contributed by atoms with Crippen molar-refractivity contribution in [3.8, 4) is 0 Å². The van der Waals surface area contributed by atoms with Crippen molar-refractivity contribution in [2.45, 2.75) is 12.1 Å². The number of carbonyl (C=O) groups excluding carboxylic acids is 1. The molecule has 0 saturated heterocycles. The first-order chi connectivity index (χ1) is 15.8. The molecule has 166 valence electrons. The highest BCUT2D eigenvalue weighted by Crippen LogP contribution is 2.41. The highest BCUT2D eigenvalue weighted by Gasteiger charge is 2.35. The summed E-state index contributed by atoms with van der Waals surface area (Å²) in [5.41, 5.74) is 3.34. The molecule has 0 bridgehead atoms. The summed E-state index contributed by atoms with van der Waals surface area (Å²) in [4.78, 5) is 42.7. The molecule has 3 N–H and O–H groups in total. The fraction of sp³-hybridized carbons (Fsp3) is 0.0909. The first kappa shape index (κ1) is 22.0. The van der Waals surface area contributed by atoms with Gasteiger partial charge in [-0.15, -0.1) is 10.2 Å². The Kier molecular flexibility index (Phi) is 5.80. The van der Waals surface area contributed by atoms with Crippen molar-refractivity contribution < 1.29 is 24.6 Å². The lowest BCUT2D eigenvalue weighted by molar-refractivity contribution is -0.134. The number of carboxylic acids is 2. The maximum Gasteiger partial charge on any atom is 0.343 e. The number of thioether (sulfide) groups is 1. The third-order valence-electron chi connectivity index (χ3n) is 4.77. The number of amides is 1. The number of rotatable bonds is 3. The largest absolute Gasteiger partial charge is 0.481 e. The predicted octanol–water partition coefficient (Wildman–Crippen LogP) is 3.16. The Hall–Kier alpha value is -4.25. The van der Waals surface area contributed by atoms with E-state index in [1.165, 1.54) is 4.90 Å². The van der Waals surface area contributed by atoms with Gasteiger partial charge in [0.25, 0.3) is 11.9 Å². The molecule has 0 unspecified atom stereocenters. The molecule has 2 aromatic heterocycles. The molecule has 1 aliphatic rings. The van der Waals surface area contributed by atoms with E-state index in [1.807, 2.05) is 24.3 Å². The zero-order valence-corrected chi connectivity index (χ0v) is 18.3. The molecule has 3 heterocycles. The Morgan fingerprint density at radius 3 is 2.42 bits per heavy atom. The van der Waals surface area contributed by atoms with Gasteiger partial charge in [-0.2, -0.15) is 0 Å². The van der Waals surface area contributed by atoms with E-state index in [4.69, 9.17) is 9.90 Å². The Labute approximate surface area is 191 Å². The van der Waals surface area contributed by atoms with Crippen LogP contribution in [0, 0.1) is 0 Å². The van der Waals surface area contributed by atoms with Crippen LogP contribution in [-0.2, 0) is 14.4 Å². The molecule has 0 aliphatic carbocycles. The number of hydrogen-bond acceptors (Lipinski definition) is 7. The molecule has 33 heavy (non-hydrogen) atoms. The smallest absolute Gasteiger partial charge is 0.343 e. The zero-order valence-electron chi connectivity index (χ0n) is 17.4. The fourth-order valence-corrected chi connectivity index (χ4v) is 4.22. The Morgan fingerprint density at radius 1 is 1.03 bits per heavy atom. The van der Waals surface area contributed by atoms with Gasteiger partial charge in [0.15, 0.2) is 5.65 Å². The van der Waals surface area contributed by atoms with Crippen LogP contribution in [0.25, 0.3) is 27.6 Å². The number of aromatic nitrogens is 4. The molecule has 0 radical (unpaired) electrons. The van der Waals surface area contributed by atoms with Crippen molar-refractivity contribution in [1.29, 1.82) is 0 Å². The lowest BCUT2D eigenvalue weighted by Gasteiger charge is -2.08. The van der Waals surface area contributed by atoms with Crippen molar-refractivity contribution >= 4 is 62.9 Å². The van der Waals surface area contributed by atoms with Gasteiger partial charge in [-0.05, 0) is 23.9 Å². The van der Waals surface area contributed by atoms with Crippen molar-refractivity contribution in [3.05, 3.63) is 59.0 Å². The van der Waals surface area contributed by atoms with E-state index in [0.29, 0.717) is 22.4 Å². The Balaban J connectivity index is 0.000000601. The number of fused-ring (bicyclic) bond motifs is 4. The van der Waals surface area contributed by atoms with Crippen LogP contribution in [0.3, 0.4) is 0 Å². The van der Waals surface area contributed by atoms with Crippen LogP contribution in [0.4, 0.5) is 5.69 Å². The van der Waals surface area contributed by atoms with Crippen LogP contribution in [0.15, 0.2) is 58.6 Å². The van der Waals surface area contributed by atoms with Gasteiger partial charge < -0.3 is 20.1 Å². The lowest BCUT2D eigenvalue weighted by Crippen LogP contribution is -2.21. The topological polar surface area (TPSA) is 149 Å². The van der Waals surface area contributed by atoms with Crippen LogP contribution in [0.5, 0.6) is 0 Å². The second-order valence-electron chi connectivity index (χ2n) is 6.97. The molecule has 5 rings (SSSR count). The molecule has 10 nitrogen and oxygen atoms in total. The van der Waals surface area contributed by atoms with E-state index in [9.17, 15) is 14.7 Å². The van der Waals surface area contributed by atoms with Crippen molar-refractivity contribution in [2.24, 2.45) is 0 Å². The second kappa shape index (κ2) is 8.71. The van der Waals surface area contributed by atoms with Crippen LogP contribution in [0.2, 0.25) is 0 Å². The molecule has 0 spiro atoms. The number of aromatic amines is 1. The van der Waals surface area contributed by atoms with E-state index in [0.717, 1.165) is 29.6 Å². The highest BCUT2D eigenvalue weighted by atomic mass is 32.2. The number of H-pyrrole nitrogens is 1. The summed E-state index contributed by atoms with van der Waals surface area (Å²) in [6.07, 6.45) is 0. The summed E-state index contributed by atoms with van der Waals surface area (Å²) in [6, 6.07) is 14.7. The van der Waals surface area contributed by atoms with Crippen molar-refractivity contribution in [3.63, 3.8) is 0 Å². The summed E-state index contributed by atoms with van der Waals surface area (Å²) in [7, 11) is 1.62. The monoisotopic (exact) mass is 463 g/mol. The van der Waals surface area contributed by atoms with Crippen molar-refractivity contribution in [1.82, 2.24) is 20.2 Å². The van der Waals surface area contributed by atoms with E-state index in [2.05, 4.69) is 20.2 Å². The van der Waals surface area contributed by atoms with Gasteiger partial charge in [-0.25, -0.2) is 9.78 Å². The van der Waals surface area contributed by atoms with E-state index < -0.39 is 11.9 Å². The average Bonchev–Trinajstić information content (AvgIpc) is 3.26. The number of benzene rings is 2. The number of carbonyl (C=O) groups is 3. The molecule has 0 saturated carbocycles. The fourth-order valence-electron chi connectivity index (χ4n) is 3.43. The minimum atomic E-state index is -1.22. The third kappa shape index (κ3) is 4.13. The molecule has 1 amide bonds. The summed E-state index contributed by atoms with van der Waals surface area (Å²) in [6.45, 7) is 1.08. The summed E-state index contributed by atoms with van der Waals surface area (Å²) in [5.74, 6) is -2.43. The Bertz CT molecular complexity index is 1460. The molecule has 0 fully saturated rings. The number of nitrogens with one attached hydrogen (secondary N) is 1. The molecular weight excluding hydrogens is 446 g/mol. The Morgan fingerprint density at radius 2 is 1.70 bits per heavy atom. The second-order valence-corrected chi connectivity index (χ2v) is 7.95. The van der Waals surface area contributed by atoms with Gasteiger partial charge in [-0.3, -0.25) is 9.59 Å². The number of aliphatic carboxylic acids is 2. The first-order valence-corrected chi connectivity index (χ1v) is 10.4. The molecule has 1 aliphatic heterocycles. The molecule has 11 heteroatoms. The van der Waals surface area contributed by atoms with Crippen LogP contribution in [-0.4, -0.2) is 55.3 Å². The zero-order chi connectivity index (χ0) is 23.7. The van der Waals surface area contributed by atoms with Crippen molar-refractivity contribution in [2.75, 3.05) is 11.9 Å². The minimum Gasteiger partial charge on any atom is -0.481 e. The number of para-hydroxylation sites is 2. The maximum absolute atomic E-state index is 12.8. The molecule has 0 atom stereocenters. The van der Waals surface area contributed by atoms with E-state index >= 15 is 0 Å². The predicted molar refractivity (Wildman–Crippen MR) is 123 cm³/mol. The lowest BCUT2D eigenvalue weighted by atomic mass is 10.1. The van der Waals surface area contributed by atoms with Gasteiger partial charge >= 0.3 is 5.97 Å². The molecular formula is C22H17N5O5S. The highest BCUT2D eigenvalue weighted by molar-refractivity contribution is 8.04. The summed E-state index contributed by atoms with van der Waals surface area (Å²) < 4.78 is 0. The maximum atomic E-state index is 12.8. The van der Waals surface area contributed by atoms with E-state index in [-0.39, 0.29) is 21.5 Å². The minimum absolute atomic E-state index is 0.126. The first-order valence-electron chi connectivity index (χ1n) is 9.61. The number of hydrogen-bond donors (Lipinski definition) is 3. The number of anilines is 1. The van der Waals surface area contributed by atoms with Gasteiger partial charge in [0, 0.05) is 30.4 Å². The van der Waals surface area contributed by atoms with Crippen LogP contribution in [0.1, 0.15) is 12.5 Å². The molecule has 4 aromatic rings. The number of carboxylic acid groups (broad SMARTS) is 2. The number of nitrogens with zero attached hydrogens (tertiary/aromatic N) is 4. The van der Waals surface area contributed by atoms with Gasteiger partial charge in [0.05, 0.1) is 11.3 Å². The number of likely N-dealkylation sites (N-methyl/N-ethyl adjacent to an activating group) is 1. The SMILES string of the molecule is CC(=O)O.CN1C(=O)C(=C(Sc2nnc3c(n2)[nH]c2ccccc23)C(=O)O)c2ccccc21. The molecule has 2 aromatic carbocycles. The van der Waals surface area contributed by atoms with Gasteiger partial charge in [-0.1, -0.05) is 36.4 Å².